The molecule has 33 heavy (non-hydrogen) atoms. The zero-order chi connectivity index (χ0) is 24.6. The normalized spacial score (nSPS) is 12.8. The van der Waals surface area contributed by atoms with Gasteiger partial charge in [0, 0.05) is 6.07 Å². The smallest absolute Gasteiger partial charge is 0.289 e. The number of carbonyl (C=O) groups excluding carboxylic acids is 1. The molecule has 10 nitrogen and oxygen atoms in total. The predicted octanol–water partition coefficient (Wildman–Crippen LogP) is 4.66. The van der Waals surface area contributed by atoms with Gasteiger partial charge in [0.2, 0.25) is 0 Å². The van der Waals surface area contributed by atoms with Gasteiger partial charge in [-0.3, -0.25) is 25.0 Å². The van der Waals surface area contributed by atoms with E-state index in [-0.39, 0.29) is 5.56 Å². The Labute approximate surface area is 194 Å². The van der Waals surface area contributed by atoms with E-state index in [1.807, 2.05) is 0 Å². The van der Waals surface area contributed by atoms with Crippen molar-refractivity contribution in [2.75, 3.05) is 6.61 Å². The molecule has 186 valence electrons. The average Bonchev–Trinajstić information content (AvgIpc) is 2.80. The zero-order valence-corrected chi connectivity index (χ0v) is 19.4. The lowest BCUT2D eigenvalue weighted by molar-refractivity contribution is -0.394. The van der Waals surface area contributed by atoms with E-state index < -0.39 is 45.9 Å². The quantitative estimate of drug-likeness (QED) is 0.161. The van der Waals surface area contributed by atoms with E-state index in [2.05, 4.69) is 12.2 Å². The third-order valence-corrected chi connectivity index (χ3v) is 5.71. The molecule has 3 N–H and O–H groups in total. The monoisotopic (exact) mass is 467 g/mol. The first kappa shape index (κ1) is 28.4. The number of carbonyl (C=O) groups is 1. The summed E-state index contributed by atoms with van der Waals surface area (Å²) < 4.78 is 0. The molecule has 2 unspecified atom stereocenters. The molecular weight excluding hydrogens is 430 g/mol. The zero-order valence-electron chi connectivity index (χ0n) is 19.4. The SMILES string of the molecule is CCCCCCCCCCCCCC(O)C(CO)NC(=O)c1ccc([N+](=O)[O-])cc1[N+](=O)[O-]. The molecule has 0 saturated carbocycles. The van der Waals surface area contributed by atoms with Gasteiger partial charge in [-0.1, -0.05) is 77.6 Å². The number of nitrogens with one attached hydrogen (secondary N) is 1. The fraction of sp³-hybridized carbons (Fsp3) is 0.696. The van der Waals surface area contributed by atoms with Crippen LogP contribution in [-0.2, 0) is 0 Å². The highest BCUT2D eigenvalue weighted by molar-refractivity contribution is 5.98. The molecule has 1 amide bonds. The number of hydrogen-bond donors (Lipinski definition) is 3. The summed E-state index contributed by atoms with van der Waals surface area (Å²) in [6.45, 7) is 1.67. The van der Waals surface area contributed by atoms with Gasteiger partial charge in [0.25, 0.3) is 17.3 Å². The Morgan fingerprint density at radius 2 is 1.48 bits per heavy atom. The van der Waals surface area contributed by atoms with Crippen LogP contribution in [0.3, 0.4) is 0 Å². The van der Waals surface area contributed by atoms with E-state index in [0.29, 0.717) is 12.5 Å². The molecule has 0 aromatic heterocycles. The van der Waals surface area contributed by atoms with Crippen LogP contribution >= 0.6 is 0 Å². The minimum atomic E-state index is -1.00. The number of aliphatic hydroxyl groups excluding tert-OH is 2. The molecule has 2 atom stereocenters. The van der Waals surface area contributed by atoms with Gasteiger partial charge in [-0.2, -0.15) is 0 Å². The largest absolute Gasteiger partial charge is 0.394 e. The van der Waals surface area contributed by atoms with E-state index in [1.54, 1.807) is 0 Å². The maximum Gasteiger partial charge on any atom is 0.289 e. The number of nitrogens with zero attached hydrogens (tertiary/aromatic N) is 2. The van der Waals surface area contributed by atoms with Crippen molar-refractivity contribution in [2.45, 2.75) is 96.1 Å². The molecule has 0 spiro atoms. The fourth-order valence-electron chi connectivity index (χ4n) is 3.71. The van der Waals surface area contributed by atoms with Crippen molar-refractivity contribution >= 4 is 17.3 Å². The number of aliphatic hydroxyl groups is 2. The van der Waals surface area contributed by atoms with Crippen LogP contribution in [0.4, 0.5) is 11.4 Å². The van der Waals surface area contributed by atoms with Crippen LogP contribution in [0.1, 0.15) is 94.3 Å². The molecule has 1 aromatic rings. The molecule has 0 radical (unpaired) electrons. The number of nitro benzene ring substituents is 2. The van der Waals surface area contributed by atoms with Crippen molar-refractivity contribution in [3.63, 3.8) is 0 Å². The average molecular weight is 468 g/mol. The number of hydrogen-bond acceptors (Lipinski definition) is 7. The summed E-state index contributed by atoms with van der Waals surface area (Å²) in [6.07, 6.45) is 12.2. The van der Waals surface area contributed by atoms with Gasteiger partial charge in [0.05, 0.1) is 34.7 Å². The van der Waals surface area contributed by atoms with Crippen molar-refractivity contribution in [1.29, 1.82) is 0 Å². The van der Waals surface area contributed by atoms with Crippen LogP contribution in [-0.4, -0.2) is 44.7 Å². The van der Waals surface area contributed by atoms with Gasteiger partial charge in [-0.15, -0.1) is 0 Å². The minimum absolute atomic E-state index is 0.369. The van der Waals surface area contributed by atoms with E-state index in [0.717, 1.165) is 37.8 Å². The summed E-state index contributed by atoms with van der Waals surface area (Å²) in [4.78, 5) is 32.9. The molecule has 0 aliphatic heterocycles. The molecule has 0 fully saturated rings. The Bertz CT molecular complexity index is 758. The number of amides is 1. The van der Waals surface area contributed by atoms with Crippen molar-refractivity contribution in [2.24, 2.45) is 0 Å². The van der Waals surface area contributed by atoms with Gasteiger partial charge in [-0.25, -0.2) is 0 Å². The Hall–Kier alpha value is -2.59. The summed E-state index contributed by atoms with van der Waals surface area (Å²) in [6, 6.07) is 1.72. The standard InChI is InChI=1S/C23H37N3O7/c1-2-3-4-5-6-7-8-9-10-11-12-13-22(28)20(17-27)24-23(29)19-15-14-18(25(30)31)16-21(19)26(32)33/h14-16,20,22,27-28H,2-13,17H2,1H3,(H,24,29). The van der Waals surface area contributed by atoms with Gasteiger partial charge in [-0.05, 0) is 12.5 Å². The summed E-state index contributed by atoms with van der Waals surface area (Å²) in [5.41, 5.74) is -1.59. The second-order valence-corrected chi connectivity index (χ2v) is 8.37. The lowest BCUT2D eigenvalue weighted by Crippen LogP contribution is -2.46. The molecule has 0 bridgehead atoms. The van der Waals surface area contributed by atoms with Crippen molar-refractivity contribution in [3.05, 3.63) is 44.0 Å². The molecular formula is C23H37N3O7. The Morgan fingerprint density at radius 1 is 0.939 bits per heavy atom. The first-order valence-corrected chi connectivity index (χ1v) is 11.8. The van der Waals surface area contributed by atoms with Crippen LogP contribution in [0.15, 0.2) is 18.2 Å². The molecule has 0 aliphatic rings. The molecule has 10 heteroatoms. The molecule has 1 aromatic carbocycles. The van der Waals surface area contributed by atoms with Crippen molar-refractivity contribution in [1.82, 2.24) is 5.32 Å². The highest BCUT2D eigenvalue weighted by atomic mass is 16.6. The second-order valence-electron chi connectivity index (χ2n) is 8.37. The lowest BCUT2D eigenvalue weighted by atomic mass is 10.0. The van der Waals surface area contributed by atoms with E-state index in [4.69, 9.17) is 0 Å². The number of non-ortho nitro benzene ring substituents is 1. The van der Waals surface area contributed by atoms with E-state index >= 15 is 0 Å². The summed E-state index contributed by atoms with van der Waals surface area (Å²) in [5, 5.41) is 44.4. The van der Waals surface area contributed by atoms with Gasteiger partial charge < -0.3 is 15.5 Å². The first-order valence-electron chi connectivity index (χ1n) is 11.8. The van der Waals surface area contributed by atoms with Crippen molar-refractivity contribution in [3.8, 4) is 0 Å². The third-order valence-electron chi connectivity index (χ3n) is 5.71. The maximum atomic E-state index is 12.5. The van der Waals surface area contributed by atoms with E-state index in [9.17, 15) is 35.2 Å². The number of unbranched alkanes of at least 4 members (excludes halogenated alkanes) is 10. The number of benzene rings is 1. The lowest BCUT2D eigenvalue weighted by Gasteiger charge is -2.22. The summed E-state index contributed by atoms with van der Waals surface area (Å²) in [7, 11) is 0. The molecule has 0 heterocycles. The van der Waals surface area contributed by atoms with Crippen LogP contribution in [0.25, 0.3) is 0 Å². The number of nitro groups is 2. The third kappa shape index (κ3) is 10.7. The predicted molar refractivity (Wildman–Crippen MR) is 125 cm³/mol. The van der Waals surface area contributed by atoms with Gasteiger partial charge in [0.15, 0.2) is 0 Å². The molecule has 0 saturated heterocycles. The van der Waals surface area contributed by atoms with Gasteiger partial charge in [0.1, 0.15) is 5.56 Å². The second kappa shape index (κ2) is 16.1. The fourth-order valence-corrected chi connectivity index (χ4v) is 3.71. The Kier molecular flexibility index (Phi) is 13.9. The van der Waals surface area contributed by atoms with E-state index in [1.165, 1.54) is 44.9 Å². The minimum Gasteiger partial charge on any atom is -0.394 e. The molecule has 0 aliphatic carbocycles. The Morgan fingerprint density at radius 3 is 1.97 bits per heavy atom. The highest BCUT2D eigenvalue weighted by Crippen LogP contribution is 2.25. The van der Waals surface area contributed by atoms with Crippen molar-refractivity contribution < 1.29 is 24.9 Å². The Balaban J connectivity index is 2.42. The summed E-state index contributed by atoms with van der Waals surface area (Å²) in [5.74, 6) is -0.881. The maximum absolute atomic E-state index is 12.5. The van der Waals surface area contributed by atoms with Crippen LogP contribution in [0.5, 0.6) is 0 Å². The van der Waals surface area contributed by atoms with Crippen LogP contribution in [0.2, 0.25) is 0 Å². The van der Waals surface area contributed by atoms with Gasteiger partial charge >= 0.3 is 0 Å². The summed E-state index contributed by atoms with van der Waals surface area (Å²) >= 11 is 0. The highest BCUT2D eigenvalue weighted by Gasteiger charge is 2.27. The number of rotatable bonds is 18. The van der Waals surface area contributed by atoms with Crippen LogP contribution in [0, 0.1) is 20.2 Å². The van der Waals surface area contributed by atoms with Crippen LogP contribution < -0.4 is 5.32 Å². The molecule has 1 rings (SSSR count). The topological polar surface area (TPSA) is 156 Å². The first-order chi connectivity index (χ1) is 15.8.